The summed E-state index contributed by atoms with van der Waals surface area (Å²) in [5, 5.41) is 6.49. The number of nitrogens with zero attached hydrogens (tertiary/aromatic N) is 5. The highest BCUT2D eigenvalue weighted by Gasteiger charge is 2.44. The average Bonchev–Trinajstić information content (AvgIpc) is 3.53. The number of azide groups is 1. The minimum atomic E-state index is -0.821. The molecule has 2 aromatic rings. The maximum atomic E-state index is 13.5. The van der Waals surface area contributed by atoms with Gasteiger partial charge in [0.25, 0.3) is 0 Å². The van der Waals surface area contributed by atoms with Gasteiger partial charge < -0.3 is 20.7 Å². The van der Waals surface area contributed by atoms with Crippen LogP contribution in [-0.2, 0) is 19.1 Å². The second-order valence-corrected chi connectivity index (χ2v) is 12.1. The van der Waals surface area contributed by atoms with Gasteiger partial charge in [-0.25, -0.2) is 4.98 Å². The molecule has 4 atom stereocenters. The Kier molecular flexibility index (Phi) is 10.7. The van der Waals surface area contributed by atoms with Crippen LogP contribution in [-0.4, -0.2) is 58.9 Å². The average molecular weight is 570 g/mol. The van der Waals surface area contributed by atoms with Crippen LogP contribution in [0.5, 0.6) is 0 Å². The summed E-state index contributed by atoms with van der Waals surface area (Å²) in [6.07, 6.45) is 0.828. The predicted octanol–water partition coefficient (Wildman–Crippen LogP) is 4.66. The standard InChI is InChI=1S/C28H39N7O4S/c1-17(19-9-11-20(12-10-19)24-18(2)31-16-40-24)33-26(37)22-14-21(39-23(36)8-6-7-13-32-34-30)15-35(22)27(38)25(29)28(3,4)5/h9-12,16-17,21-22,25H,6-8,13-15,29H2,1-5H3,(H,33,37)/t17-,21+,22?,25+/m0/s1. The monoisotopic (exact) mass is 569 g/mol. The zero-order chi connectivity index (χ0) is 29.4. The number of carbonyl (C=O) groups excluding carboxylic acids is 3. The Balaban J connectivity index is 1.68. The number of nitrogens with two attached hydrogens (primary N) is 1. The van der Waals surface area contributed by atoms with Crippen LogP contribution in [0.2, 0.25) is 0 Å². The summed E-state index contributed by atoms with van der Waals surface area (Å²) >= 11 is 1.58. The number of ether oxygens (including phenoxy) is 1. The summed E-state index contributed by atoms with van der Waals surface area (Å²) in [6.45, 7) is 9.88. The van der Waals surface area contributed by atoms with Crippen LogP contribution in [0.4, 0.5) is 0 Å². The molecule has 1 saturated heterocycles. The predicted molar refractivity (Wildman–Crippen MR) is 154 cm³/mol. The van der Waals surface area contributed by atoms with Crippen molar-refractivity contribution in [3.8, 4) is 10.4 Å². The van der Waals surface area contributed by atoms with E-state index in [0.717, 1.165) is 21.7 Å². The van der Waals surface area contributed by atoms with Crippen LogP contribution >= 0.6 is 11.3 Å². The van der Waals surface area contributed by atoms with E-state index in [1.165, 1.54) is 4.90 Å². The summed E-state index contributed by atoms with van der Waals surface area (Å²) in [5.41, 5.74) is 18.9. The quantitative estimate of drug-likeness (QED) is 0.131. The summed E-state index contributed by atoms with van der Waals surface area (Å²) in [5.74, 6) is -1.08. The maximum absolute atomic E-state index is 13.5. The van der Waals surface area contributed by atoms with Crippen molar-refractivity contribution in [1.82, 2.24) is 15.2 Å². The van der Waals surface area contributed by atoms with Crippen LogP contribution in [0.3, 0.4) is 0 Å². The van der Waals surface area contributed by atoms with E-state index in [2.05, 4.69) is 20.3 Å². The Morgan fingerprint density at radius 3 is 2.58 bits per heavy atom. The Labute approximate surface area is 239 Å². The van der Waals surface area contributed by atoms with Crippen LogP contribution in [0.15, 0.2) is 34.9 Å². The molecule has 40 heavy (non-hydrogen) atoms. The van der Waals surface area contributed by atoms with E-state index in [1.54, 1.807) is 11.3 Å². The molecule has 12 heteroatoms. The van der Waals surface area contributed by atoms with Crippen molar-refractivity contribution in [3.05, 3.63) is 51.5 Å². The molecule has 11 nitrogen and oxygen atoms in total. The number of aryl methyl sites for hydroxylation is 1. The number of carbonyl (C=O) groups is 3. The molecule has 1 unspecified atom stereocenters. The van der Waals surface area contributed by atoms with E-state index in [0.29, 0.717) is 19.4 Å². The number of nitrogens with one attached hydrogen (secondary N) is 1. The number of rotatable bonds is 11. The molecule has 0 radical (unpaired) electrons. The van der Waals surface area contributed by atoms with Gasteiger partial charge in [-0.1, -0.05) is 50.2 Å². The fourth-order valence-electron chi connectivity index (χ4n) is 4.56. The van der Waals surface area contributed by atoms with Crippen LogP contribution in [0, 0.1) is 12.3 Å². The van der Waals surface area contributed by atoms with Gasteiger partial charge in [0.05, 0.1) is 34.7 Å². The van der Waals surface area contributed by atoms with Crippen molar-refractivity contribution >= 4 is 29.1 Å². The fraction of sp³-hybridized carbons (Fsp3) is 0.571. The first kappa shape index (κ1) is 31.1. The van der Waals surface area contributed by atoms with Crippen molar-refractivity contribution in [2.24, 2.45) is 16.3 Å². The lowest BCUT2D eigenvalue weighted by atomic mass is 9.86. The molecular formula is C28H39N7O4S. The molecule has 216 valence electrons. The topological polar surface area (TPSA) is 163 Å². The molecule has 1 aliphatic heterocycles. The third-order valence-corrected chi connectivity index (χ3v) is 8.05. The smallest absolute Gasteiger partial charge is 0.306 e. The van der Waals surface area contributed by atoms with E-state index >= 15 is 0 Å². The first-order chi connectivity index (χ1) is 18.9. The Morgan fingerprint density at radius 1 is 1.27 bits per heavy atom. The fourth-order valence-corrected chi connectivity index (χ4v) is 5.37. The van der Waals surface area contributed by atoms with Crippen molar-refractivity contribution in [2.75, 3.05) is 13.1 Å². The molecular weight excluding hydrogens is 530 g/mol. The number of hydrogen-bond donors (Lipinski definition) is 2. The number of aromatic nitrogens is 1. The Hall–Kier alpha value is -3.47. The molecule has 2 heterocycles. The normalized spacial score (nSPS) is 18.5. The highest BCUT2D eigenvalue weighted by atomic mass is 32.1. The maximum Gasteiger partial charge on any atom is 0.306 e. The van der Waals surface area contributed by atoms with Gasteiger partial charge in [0, 0.05) is 24.3 Å². The van der Waals surface area contributed by atoms with Crippen molar-refractivity contribution in [1.29, 1.82) is 0 Å². The van der Waals surface area contributed by atoms with Gasteiger partial charge in [0.1, 0.15) is 12.1 Å². The minimum Gasteiger partial charge on any atom is -0.460 e. The number of likely N-dealkylation sites (tertiary alicyclic amines) is 1. The van der Waals surface area contributed by atoms with Gasteiger partial charge in [0.2, 0.25) is 11.8 Å². The third kappa shape index (κ3) is 8.03. The Morgan fingerprint density at radius 2 is 1.98 bits per heavy atom. The number of amides is 2. The number of hydrogen-bond acceptors (Lipinski definition) is 8. The molecule has 1 aromatic carbocycles. The number of unbranched alkanes of at least 4 members (excludes halogenated alkanes) is 1. The molecule has 1 aromatic heterocycles. The molecule has 0 spiro atoms. The van der Waals surface area contributed by atoms with Crippen molar-refractivity contribution < 1.29 is 19.1 Å². The highest BCUT2D eigenvalue weighted by Crippen LogP contribution is 2.29. The first-order valence-corrected chi connectivity index (χ1v) is 14.4. The molecule has 0 bridgehead atoms. The van der Waals surface area contributed by atoms with Gasteiger partial charge in [-0.05, 0) is 48.8 Å². The van der Waals surface area contributed by atoms with Crippen molar-refractivity contribution in [3.63, 3.8) is 0 Å². The molecule has 0 saturated carbocycles. The van der Waals surface area contributed by atoms with Gasteiger partial charge in [-0.3, -0.25) is 14.4 Å². The second kappa shape index (κ2) is 13.7. The van der Waals surface area contributed by atoms with Crippen LogP contribution in [0.25, 0.3) is 20.9 Å². The highest BCUT2D eigenvalue weighted by molar-refractivity contribution is 7.13. The van der Waals surface area contributed by atoms with E-state index < -0.39 is 29.6 Å². The molecule has 3 N–H and O–H groups in total. The summed E-state index contributed by atoms with van der Waals surface area (Å²) < 4.78 is 5.63. The SMILES string of the molecule is Cc1ncsc1-c1ccc([C@H](C)NC(=O)C2C[C@@H](OC(=O)CCCCN=[N+]=[N-])CN2C(=O)[C@@H](N)C(C)(C)C)cc1. The van der Waals surface area contributed by atoms with Gasteiger partial charge in [0.15, 0.2) is 0 Å². The first-order valence-electron chi connectivity index (χ1n) is 13.5. The van der Waals surface area contributed by atoms with Crippen LogP contribution in [0.1, 0.15) is 70.7 Å². The van der Waals surface area contributed by atoms with E-state index in [9.17, 15) is 14.4 Å². The molecule has 1 fully saturated rings. The zero-order valence-electron chi connectivity index (χ0n) is 23.8. The largest absolute Gasteiger partial charge is 0.460 e. The minimum absolute atomic E-state index is 0.0996. The van der Waals surface area contributed by atoms with Gasteiger partial charge in [-0.15, -0.1) is 11.3 Å². The molecule has 3 rings (SSSR count). The summed E-state index contributed by atoms with van der Waals surface area (Å²) in [6, 6.07) is 6.01. The Bertz CT molecular complexity index is 1230. The zero-order valence-corrected chi connectivity index (χ0v) is 24.6. The van der Waals surface area contributed by atoms with E-state index in [-0.39, 0.29) is 37.2 Å². The lowest BCUT2D eigenvalue weighted by Crippen LogP contribution is -2.55. The molecule has 2 amide bonds. The lowest BCUT2D eigenvalue weighted by molar-refractivity contribution is -0.149. The number of thiazole rings is 1. The van der Waals surface area contributed by atoms with Gasteiger partial charge in [-0.2, -0.15) is 0 Å². The molecule has 0 aliphatic carbocycles. The second-order valence-electron chi connectivity index (χ2n) is 11.2. The number of esters is 1. The van der Waals surface area contributed by atoms with Crippen LogP contribution < -0.4 is 11.1 Å². The third-order valence-electron chi connectivity index (χ3n) is 7.08. The summed E-state index contributed by atoms with van der Waals surface area (Å²) in [4.78, 5) is 48.8. The van der Waals surface area contributed by atoms with E-state index in [4.69, 9.17) is 16.0 Å². The molecule has 1 aliphatic rings. The van der Waals surface area contributed by atoms with Crippen molar-refractivity contribution in [2.45, 2.75) is 84.5 Å². The summed E-state index contributed by atoms with van der Waals surface area (Å²) in [7, 11) is 0. The number of benzene rings is 1. The lowest BCUT2D eigenvalue weighted by Gasteiger charge is -2.32. The van der Waals surface area contributed by atoms with Gasteiger partial charge >= 0.3 is 5.97 Å². The van der Waals surface area contributed by atoms with E-state index in [1.807, 2.05) is 64.4 Å².